The molecule has 152 valence electrons. The van der Waals surface area contributed by atoms with Crippen LogP contribution in [0.3, 0.4) is 0 Å². The molecule has 1 aromatic carbocycles. The SMILES string of the molecule is CC(C)c1ccc([C@@]2(C)NC(=O)N(CC(=O)N(C)C3CCCCC3)C2=O)cc1. The first-order valence-corrected chi connectivity index (χ1v) is 10.2. The molecular formula is C22H31N3O3. The largest absolute Gasteiger partial charge is 0.341 e. The number of carbonyl (C=O) groups is 3. The van der Waals surface area contributed by atoms with Gasteiger partial charge in [0.15, 0.2) is 0 Å². The second kappa shape index (κ2) is 7.94. The summed E-state index contributed by atoms with van der Waals surface area (Å²) in [6, 6.07) is 7.42. The van der Waals surface area contributed by atoms with Gasteiger partial charge in [-0.05, 0) is 36.8 Å². The maximum absolute atomic E-state index is 13.1. The topological polar surface area (TPSA) is 69.7 Å². The molecule has 1 aromatic rings. The van der Waals surface area contributed by atoms with Gasteiger partial charge in [-0.2, -0.15) is 0 Å². The summed E-state index contributed by atoms with van der Waals surface area (Å²) in [4.78, 5) is 41.0. The van der Waals surface area contributed by atoms with Gasteiger partial charge >= 0.3 is 6.03 Å². The van der Waals surface area contributed by atoms with Gasteiger partial charge in [0.1, 0.15) is 12.1 Å². The predicted octanol–water partition coefficient (Wildman–Crippen LogP) is 3.37. The number of nitrogens with zero attached hydrogens (tertiary/aromatic N) is 2. The maximum Gasteiger partial charge on any atom is 0.325 e. The standard InChI is InChI=1S/C22H31N3O3/c1-15(2)16-10-12-17(13-11-16)22(3)20(27)25(21(28)23-22)14-19(26)24(4)18-8-6-5-7-9-18/h10-13,15,18H,5-9,14H2,1-4H3,(H,23,28)/t22-/m1/s1. The lowest BCUT2D eigenvalue weighted by molar-refractivity contribution is -0.139. The molecule has 4 amide bonds. The third kappa shape index (κ3) is 3.77. The highest BCUT2D eigenvalue weighted by Crippen LogP contribution is 2.30. The quantitative estimate of drug-likeness (QED) is 0.790. The van der Waals surface area contributed by atoms with Gasteiger partial charge in [-0.25, -0.2) is 4.79 Å². The number of urea groups is 1. The molecule has 6 heteroatoms. The number of likely N-dealkylation sites (N-methyl/N-ethyl adjacent to an activating group) is 1. The number of benzene rings is 1. The van der Waals surface area contributed by atoms with E-state index in [-0.39, 0.29) is 24.4 Å². The second-order valence-electron chi connectivity index (χ2n) is 8.52. The van der Waals surface area contributed by atoms with Crippen LogP contribution in [0.1, 0.15) is 69.9 Å². The molecule has 3 rings (SSSR count). The lowest BCUT2D eigenvalue weighted by Gasteiger charge is -2.32. The van der Waals surface area contributed by atoms with Crippen LogP contribution in [0.2, 0.25) is 0 Å². The van der Waals surface area contributed by atoms with E-state index in [9.17, 15) is 14.4 Å². The number of amides is 4. The van der Waals surface area contributed by atoms with Crippen molar-refractivity contribution in [3.05, 3.63) is 35.4 Å². The summed E-state index contributed by atoms with van der Waals surface area (Å²) in [5.74, 6) is -0.171. The van der Waals surface area contributed by atoms with Gasteiger partial charge in [0.05, 0.1) is 0 Å². The molecule has 0 bridgehead atoms. The number of rotatable bonds is 5. The van der Waals surface area contributed by atoms with Crippen LogP contribution in [0.15, 0.2) is 24.3 Å². The molecule has 6 nitrogen and oxygen atoms in total. The van der Waals surface area contributed by atoms with E-state index in [4.69, 9.17) is 0 Å². The van der Waals surface area contributed by atoms with Crippen LogP contribution in [0.4, 0.5) is 4.79 Å². The molecular weight excluding hydrogens is 354 g/mol. The minimum atomic E-state index is -1.14. The molecule has 0 spiro atoms. The number of hydrogen-bond donors (Lipinski definition) is 1. The third-order valence-corrected chi connectivity index (χ3v) is 6.24. The van der Waals surface area contributed by atoms with Crippen molar-refractivity contribution in [1.82, 2.24) is 15.1 Å². The molecule has 2 fully saturated rings. The average molecular weight is 386 g/mol. The van der Waals surface area contributed by atoms with E-state index in [1.807, 2.05) is 24.3 Å². The lowest BCUT2D eigenvalue weighted by Crippen LogP contribution is -2.46. The Morgan fingerprint density at radius 2 is 1.79 bits per heavy atom. The van der Waals surface area contributed by atoms with E-state index in [2.05, 4.69) is 19.2 Å². The first kappa shape index (κ1) is 20.4. The predicted molar refractivity (Wildman–Crippen MR) is 108 cm³/mol. The molecule has 1 aliphatic carbocycles. The smallest absolute Gasteiger partial charge is 0.325 e. The Morgan fingerprint density at radius 3 is 2.36 bits per heavy atom. The summed E-state index contributed by atoms with van der Waals surface area (Å²) in [5.41, 5.74) is 0.757. The number of nitrogens with one attached hydrogen (secondary N) is 1. The van der Waals surface area contributed by atoms with Gasteiger partial charge in [0, 0.05) is 13.1 Å². The van der Waals surface area contributed by atoms with Crippen molar-refractivity contribution in [2.45, 2.75) is 70.4 Å². The zero-order chi connectivity index (χ0) is 20.5. The Morgan fingerprint density at radius 1 is 1.18 bits per heavy atom. The minimum absolute atomic E-state index is 0.185. The first-order valence-electron chi connectivity index (χ1n) is 10.2. The monoisotopic (exact) mass is 385 g/mol. The maximum atomic E-state index is 13.1. The second-order valence-corrected chi connectivity index (χ2v) is 8.52. The molecule has 28 heavy (non-hydrogen) atoms. The fourth-order valence-electron chi connectivity index (χ4n) is 4.16. The zero-order valence-corrected chi connectivity index (χ0v) is 17.3. The first-order chi connectivity index (χ1) is 13.2. The van der Waals surface area contributed by atoms with Gasteiger partial charge in [0.25, 0.3) is 5.91 Å². The highest BCUT2D eigenvalue weighted by atomic mass is 16.2. The Hall–Kier alpha value is -2.37. The van der Waals surface area contributed by atoms with Crippen molar-refractivity contribution in [3.63, 3.8) is 0 Å². The van der Waals surface area contributed by atoms with Gasteiger partial charge in [-0.15, -0.1) is 0 Å². The molecule has 1 saturated heterocycles. The molecule has 1 N–H and O–H groups in total. The summed E-state index contributed by atoms with van der Waals surface area (Å²) in [6.45, 7) is 5.70. The van der Waals surface area contributed by atoms with E-state index in [1.54, 1.807) is 18.9 Å². The van der Waals surface area contributed by atoms with E-state index >= 15 is 0 Å². The van der Waals surface area contributed by atoms with Crippen LogP contribution >= 0.6 is 0 Å². The molecule has 1 saturated carbocycles. The fourth-order valence-corrected chi connectivity index (χ4v) is 4.16. The highest BCUT2D eigenvalue weighted by Gasteiger charge is 2.49. The van der Waals surface area contributed by atoms with Crippen LogP contribution < -0.4 is 5.32 Å². The van der Waals surface area contributed by atoms with Crippen molar-refractivity contribution >= 4 is 17.8 Å². The Bertz CT molecular complexity index is 753. The molecule has 1 aliphatic heterocycles. The van der Waals surface area contributed by atoms with Gasteiger partial charge in [0.2, 0.25) is 5.91 Å². The van der Waals surface area contributed by atoms with Crippen LogP contribution in [-0.2, 0) is 15.1 Å². The van der Waals surface area contributed by atoms with Crippen molar-refractivity contribution in [2.24, 2.45) is 0 Å². The number of carbonyl (C=O) groups excluding carboxylic acids is 3. The van der Waals surface area contributed by atoms with E-state index in [0.29, 0.717) is 5.92 Å². The lowest BCUT2D eigenvalue weighted by atomic mass is 9.90. The Labute approximate surface area is 167 Å². The summed E-state index contributed by atoms with van der Waals surface area (Å²) in [7, 11) is 1.78. The molecule has 0 aromatic heterocycles. The number of hydrogen-bond acceptors (Lipinski definition) is 3. The van der Waals surface area contributed by atoms with E-state index in [1.165, 1.54) is 12.0 Å². The van der Waals surface area contributed by atoms with E-state index in [0.717, 1.165) is 36.1 Å². The van der Waals surface area contributed by atoms with Crippen LogP contribution in [0.25, 0.3) is 0 Å². The normalized spacial score (nSPS) is 23.2. The molecule has 0 radical (unpaired) electrons. The fraction of sp³-hybridized carbons (Fsp3) is 0.591. The summed E-state index contributed by atoms with van der Waals surface area (Å²) >= 11 is 0. The summed E-state index contributed by atoms with van der Waals surface area (Å²) < 4.78 is 0. The van der Waals surface area contributed by atoms with Gasteiger partial charge < -0.3 is 10.2 Å². The van der Waals surface area contributed by atoms with Crippen LogP contribution in [-0.4, -0.2) is 47.3 Å². The minimum Gasteiger partial charge on any atom is -0.341 e. The van der Waals surface area contributed by atoms with Gasteiger partial charge in [-0.3, -0.25) is 14.5 Å². The van der Waals surface area contributed by atoms with Crippen molar-refractivity contribution in [3.8, 4) is 0 Å². The van der Waals surface area contributed by atoms with Crippen molar-refractivity contribution in [2.75, 3.05) is 13.6 Å². The number of imide groups is 1. The Balaban J connectivity index is 1.72. The van der Waals surface area contributed by atoms with Crippen molar-refractivity contribution in [1.29, 1.82) is 0 Å². The van der Waals surface area contributed by atoms with Crippen LogP contribution in [0, 0.1) is 0 Å². The molecule has 0 unspecified atom stereocenters. The average Bonchev–Trinajstić information content (AvgIpc) is 2.92. The summed E-state index contributed by atoms with van der Waals surface area (Å²) in [6.07, 6.45) is 5.43. The zero-order valence-electron chi connectivity index (χ0n) is 17.3. The third-order valence-electron chi connectivity index (χ3n) is 6.24. The van der Waals surface area contributed by atoms with E-state index < -0.39 is 11.6 Å². The van der Waals surface area contributed by atoms with Crippen molar-refractivity contribution < 1.29 is 14.4 Å². The molecule has 1 atom stereocenters. The summed E-state index contributed by atoms with van der Waals surface area (Å²) in [5, 5.41) is 2.79. The van der Waals surface area contributed by atoms with Gasteiger partial charge in [-0.1, -0.05) is 57.4 Å². The highest BCUT2D eigenvalue weighted by molar-refractivity contribution is 6.09. The molecule has 1 heterocycles. The molecule has 2 aliphatic rings. The Kier molecular flexibility index (Phi) is 5.77. The van der Waals surface area contributed by atoms with Crippen LogP contribution in [0.5, 0.6) is 0 Å².